The minimum atomic E-state index is -0.665. The maximum absolute atomic E-state index is 11.9. The molecule has 0 bridgehead atoms. The number of fused-ring (bicyclic) bond motifs is 1. The van der Waals surface area contributed by atoms with E-state index in [4.69, 9.17) is 13.9 Å². The lowest BCUT2D eigenvalue weighted by atomic mass is 9.94. The number of para-hydroxylation sites is 2. The highest BCUT2D eigenvalue weighted by atomic mass is 16.6. The van der Waals surface area contributed by atoms with Crippen LogP contribution in [-0.4, -0.2) is 30.7 Å². The van der Waals surface area contributed by atoms with Gasteiger partial charge in [0.05, 0.1) is 32.1 Å². The molecule has 1 aromatic carbocycles. The molecule has 0 spiro atoms. The molecule has 6 heteroatoms. The van der Waals surface area contributed by atoms with Crippen molar-refractivity contribution in [2.24, 2.45) is 0 Å². The molecule has 0 N–H and O–H groups in total. The maximum atomic E-state index is 11.9. The van der Waals surface area contributed by atoms with Crippen LogP contribution in [0.1, 0.15) is 32.4 Å². The Hall–Kier alpha value is -2.50. The van der Waals surface area contributed by atoms with Crippen LogP contribution in [0.2, 0.25) is 0 Å². The minimum Gasteiger partial charge on any atom is -0.475 e. The van der Waals surface area contributed by atoms with E-state index in [0.29, 0.717) is 24.7 Å². The topological polar surface area (TPSA) is 64.8 Å². The summed E-state index contributed by atoms with van der Waals surface area (Å²) < 4.78 is 16.4. The molecule has 1 aromatic heterocycles. The van der Waals surface area contributed by atoms with Gasteiger partial charge < -0.3 is 18.8 Å². The molecule has 1 aliphatic heterocycles. The molecule has 1 aliphatic rings. The SMILES string of the molecule is COC(=O)[C@H]1CN(Cc2ncc(C(C)(C)C)o2)c2ccccc2O1. The van der Waals surface area contributed by atoms with Gasteiger partial charge >= 0.3 is 5.97 Å². The fraction of sp³-hybridized carbons (Fsp3) is 0.444. The Kier molecular flexibility index (Phi) is 4.22. The van der Waals surface area contributed by atoms with Gasteiger partial charge in [-0.3, -0.25) is 0 Å². The number of nitrogens with zero attached hydrogens (tertiary/aromatic N) is 2. The average Bonchev–Trinajstić information content (AvgIpc) is 3.03. The summed E-state index contributed by atoms with van der Waals surface area (Å²) in [5.41, 5.74) is 0.816. The summed E-state index contributed by atoms with van der Waals surface area (Å²) >= 11 is 0. The number of oxazole rings is 1. The second-order valence-corrected chi connectivity index (χ2v) is 6.85. The number of aromatic nitrogens is 1. The third-order valence-electron chi connectivity index (χ3n) is 3.94. The first-order valence-corrected chi connectivity index (χ1v) is 7.92. The molecule has 6 nitrogen and oxygen atoms in total. The van der Waals surface area contributed by atoms with Gasteiger partial charge in [-0.05, 0) is 12.1 Å². The summed E-state index contributed by atoms with van der Waals surface area (Å²) in [4.78, 5) is 18.3. The van der Waals surface area contributed by atoms with Crippen LogP contribution in [0.15, 0.2) is 34.9 Å². The van der Waals surface area contributed by atoms with Crippen LogP contribution in [0.4, 0.5) is 5.69 Å². The second-order valence-electron chi connectivity index (χ2n) is 6.85. The van der Waals surface area contributed by atoms with Gasteiger partial charge in [-0.2, -0.15) is 0 Å². The smallest absolute Gasteiger partial charge is 0.348 e. The first-order valence-electron chi connectivity index (χ1n) is 7.92. The van der Waals surface area contributed by atoms with Crippen molar-refractivity contribution in [2.45, 2.75) is 38.8 Å². The Balaban J connectivity index is 1.86. The van der Waals surface area contributed by atoms with Crippen molar-refractivity contribution in [2.75, 3.05) is 18.6 Å². The van der Waals surface area contributed by atoms with Gasteiger partial charge in [-0.25, -0.2) is 9.78 Å². The zero-order valence-electron chi connectivity index (χ0n) is 14.4. The van der Waals surface area contributed by atoms with Crippen LogP contribution in [0.3, 0.4) is 0 Å². The molecule has 3 rings (SSSR count). The average molecular weight is 330 g/mol. The van der Waals surface area contributed by atoms with Gasteiger partial charge in [0.2, 0.25) is 12.0 Å². The van der Waals surface area contributed by atoms with E-state index in [9.17, 15) is 4.79 Å². The molecular formula is C18H22N2O4. The summed E-state index contributed by atoms with van der Waals surface area (Å²) in [7, 11) is 1.36. The highest BCUT2D eigenvalue weighted by Gasteiger charge is 2.32. The number of carbonyl (C=O) groups is 1. The summed E-state index contributed by atoms with van der Waals surface area (Å²) in [5, 5.41) is 0. The van der Waals surface area contributed by atoms with E-state index in [-0.39, 0.29) is 5.41 Å². The molecule has 128 valence electrons. The predicted molar refractivity (Wildman–Crippen MR) is 89.1 cm³/mol. The Labute approximate surface area is 141 Å². The number of rotatable bonds is 3. The summed E-state index contributed by atoms with van der Waals surface area (Å²) in [5.74, 6) is 1.71. The number of carbonyl (C=O) groups excluding carboxylic acids is 1. The third kappa shape index (κ3) is 3.22. The second kappa shape index (κ2) is 6.19. The zero-order chi connectivity index (χ0) is 17.3. The molecule has 0 fully saturated rings. The van der Waals surface area contributed by atoms with E-state index in [2.05, 4.69) is 25.8 Å². The molecular weight excluding hydrogens is 308 g/mol. The largest absolute Gasteiger partial charge is 0.475 e. The molecule has 0 aliphatic carbocycles. The Bertz CT molecular complexity index is 733. The molecule has 0 saturated carbocycles. The lowest BCUT2D eigenvalue weighted by Gasteiger charge is -2.34. The molecule has 0 radical (unpaired) electrons. The van der Waals surface area contributed by atoms with E-state index in [1.165, 1.54) is 7.11 Å². The van der Waals surface area contributed by atoms with E-state index < -0.39 is 12.1 Å². The third-order valence-corrected chi connectivity index (χ3v) is 3.94. The van der Waals surface area contributed by atoms with Crippen molar-refractivity contribution < 1.29 is 18.7 Å². The van der Waals surface area contributed by atoms with Crippen LogP contribution in [-0.2, 0) is 21.5 Å². The van der Waals surface area contributed by atoms with Crippen molar-refractivity contribution >= 4 is 11.7 Å². The number of ether oxygens (including phenoxy) is 2. The van der Waals surface area contributed by atoms with E-state index in [1.807, 2.05) is 29.2 Å². The van der Waals surface area contributed by atoms with Crippen molar-refractivity contribution in [3.8, 4) is 5.75 Å². The summed E-state index contributed by atoms with van der Waals surface area (Å²) in [6.45, 7) is 7.08. The van der Waals surface area contributed by atoms with Crippen LogP contribution in [0.5, 0.6) is 5.75 Å². The highest BCUT2D eigenvalue weighted by Crippen LogP contribution is 2.34. The van der Waals surface area contributed by atoms with Crippen molar-refractivity contribution in [3.63, 3.8) is 0 Å². The van der Waals surface area contributed by atoms with Crippen LogP contribution in [0.25, 0.3) is 0 Å². The molecule has 24 heavy (non-hydrogen) atoms. The van der Waals surface area contributed by atoms with Crippen molar-refractivity contribution in [1.82, 2.24) is 4.98 Å². The lowest BCUT2D eigenvalue weighted by Crippen LogP contribution is -2.44. The number of benzene rings is 1. The molecule has 1 atom stereocenters. The number of hydrogen-bond acceptors (Lipinski definition) is 6. The quantitative estimate of drug-likeness (QED) is 0.806. The molecule has 0 amide bonds. The van der Waals surface area contributed by atoms with Crippen LogP contribution in [0, 0.1) is 0 Å². The van der Waals surface area contributed by atoms with Crippen LogP contribution < -0.4 is 9.64 Å². The van der Waals surface area contributed by atoms with E-state index in [1.54, 1.807) is 6.20 Å². The van der Waals surface area contributed by atoms with Crippen molar-refractivity contribution in [3.05, 3.63) is 42.1 Å². The first kappa shape index (κ1) is 16.4. The summed E-state index contributed by atoms with van der Waals surface area (Å²) in [6.07, 6.45) is 1.10. The van der Waals surface area contributed by atoms with Gasteiger partial charge in [0.25, 0.3) is 0 Å². The predicted octanol–water partition coefficient (Wildman–Crippen LogP) is 2.91. The van der Waals surface area contributed by atoms with Crippen LogP contribution >= 0.6 is 0 Å². The molecule has 0 unspecified atom stereocenters. The number of methoxy groups -OCH3 is 1. The minimum absolute atomic E-state index is 0.0945. The normalized spacial score (nSPS) is 17.2. The fourth-order valence-corrected chi connectivity index (χ4v) is 2.60. The lowest BCUT2D eigenvalue weighted by molar-refractivity contribution is -0.148. The number of hydrogen-bond donors (Lipinski definition) is 0. The van der Waals surface area contributed by atoms with Gasteiger partial charge in [0.1, 0.15) is 11.5 Å². The standard InChI is InChI=1S/C18H22N2O4/c1-18(2,3)15-9-19-16(24-15)11-20-10-14(17(21)22-4)23-13-8-6-5-7-12(13)20/h5-9,14H,10-11H2,1-4H3/t14-/m1/s1. The molecule has 2 heterocycles. The zero-order valence-corrected chi connectivity index (χ0v) is 14.4. The molecule has 2 aromatic rings. The van der Waals surface area contributed by atoms with Gasteiger partial charge in [-0.15, -0.1) is 0 Å². The van der Waals surface area contributed by atoms with Gasteiger partial charge in [-0.1, -0.05) is 32.9 Å². The summed E-state index contributed by atoms with van der Waals surface area (Å²) in [6, 6.07) is 7.60. The first-order chi connectivity index (χ1) is 11.4. The fourth-order valence-electron chi connectivity index (χ4n) is 2.60. The number of anilines is 1. The van der Waals surface area contributed by atoms with E-state index in [0.717, 1.165) is 11.4 Å². The maximum Gasteiger partial charge on any atom is 0.348 e. The van der Waals surface area contributed by atoms with Gasteiger partial charge in [0, 0.05) is 5.41 Å². The van der Waals surface area contributed by atoms with Gasteiger partial charge in [0.15, 0.2) is 0 Å². The number of esters is 1. The van der Waals surface area contributed by atoms with E-state index >= 15 is 0 Å². The molecule has 0 saturated heterocycles. The Morgan fingerprint density at radius 1 is 1.38 bits per heavy atom. The highest BCUT2D eigenvalue weighted by molar-refractivity contribution is 5.78. The Morgan fingerprint density at radius 3 is 2.79 bits per heavy atom. The Morgan fingerprint density at radius 2 is 2.12 bits per heavy atom. The van der Waals surface area contributed by atoms with Crippen molar-refractivity contribution in [1.29, 1.82) is 0 Å². The monoisotopic (exact) mass is 330 g/mol.